The van der Waals surface area contributed by atoms with E-state index >= 15 is 0 Å². The van der Waals surface area contributed by atoms with Gasteiger partial charge in [-0.1, -0.05) is 6.42 Å². The Hall–Kier alpha value is -1.69. The molecule has 2 aromatic heterocycles. The van der Waals surface area contributed by atoms with E-state index in [0.29, 0.717) is 17.6 Å². The van der Waals surface area contributed by atoms with Gasteiger partial charge in [0, 0.05) is 32.2 Å². The first-order valence-electron chi connectivity index (χ1n) is 8.12. The summed E-state index contributed by atoms with van der Waals surface area (Å²) < 4.78 is 7.75. The molecule has 0 unspecified atom stereocenters. The molecule has 2 fully saturated rings. The van der Waals surface area contributed by atoms with Gasteiger partial charge in [-0.3, -0.25) is 0 Å². The van der Waals surface area contributed by atoms with Gasteiger partial charge in [-0.2, -0.15) is 0 Å². The maximum atomic E-state index is 5.69. The fourth-order valence-corrected chi connectivity index (χ4v) is 4.35. The lowest BCUT2D eigenvalue weighted by atomic mass is 9.50. The summed E-state index contributed by atoms with van der Waals surface area (Å²) in [5.74, 6) is 0.947. The molecule has 2 aliphatic carbocycles. The summed E-state index contributed by atoms with van der Waals surface area (Å²) >= 11 is 0. The fourth-order valence-electron chi connectivity index (χ4n) is 4.35. The standard InChI is InChI=1S/C16H23N5O/c1-4-21-10-19-13-14(17-9-18-15(13)21)20(2)11-8-12(22-3)16(11)6-5-7-16/h9-12H,4-8H2,1-3H3/t11-,12+/m1/s1. The van der Waals surface area contributed by atoms with Crippen molar-refractivity contribution in [1.29, 1.82) is 0 Å². The van der Waals surface area contributed by atoms with E-state index in [1.807, 2.05) is 13.4 Å². The number of hydrogen-bond acceptors (Lipinski definition) is 5. The van der Waals surface area contributed by atoms with Crippen LogP contribution in [0.25, 0.3) is 11.2 Å². The van der Waals surface area contributed by atoms with Crippen molar-refractivity contribution in [3.63, 3.8) is 0 Å². The Morgan fingerprint density at radius 1 is 1.36 bits per heavy atom. The molecule has 22 heavy (non-hydrogen) atoms. The van der Waals surface area contributed by atoms with Crippen LogP contribution in [0.1, 0.15) is 32.6 Å². The highest BCUT2D eigenvalue weighted by Gasteiger charge is 2.60. The van der Waals surface area contributed by atoms with Gasteiger partial charge >= 0.3 is 0 Å². The highest BCUT2D eigenvalue weighted by Crippen LogP contribution is 2.59. The second kappa shape index (κ2) is 4.91. The summed E-state index contributed by atoms with van der Waals surface area (Å²) in [5, 5.41) is 0. The van der Waals surface area contributed by atoms with E-state index in [1.165, 1.54) is 19.3 Å². The van der Waals surface area contributed by atoms with Crippen LogP contribution in [0.3, 0.4) is 0 Å². The average Bonchev–Trinajstić information content (AvgIpc) is 2.87. The lowest BCUT2D eigenvalue weighted by Crippen LogP contribution is -2.67. The predicted molar refractivity (Wildman–Crippen MR) is 84.9 cm³/mol. The van der Waals surface area contributed by atoms with E-state index in [9.17, 15) is 0 Å². The third kappa shape index (κ3) is 1.67. The molecule has 118 valence electrons. The molecule has 4 rings (SSSR count). The van der Waals surface area contributed by atoms with Crippen molar-refractivity contribution in [3.8, 4) is 0 Å². The van der Waals surface area contributed by atoms with Crippen LogP contribution in [-0.4, -0.2) is 45.8 Å². The Morgan fingerprint density at radius 3 is 2.82 bits per heavy atom. The first-order valence-corrected chi connectivity index (χ1v) is 8.12. The molecular formula is C16H23N5O. The molecule has 0 saturated heterocycles. The second-order valence-electron chi connectivity index (χ2n) is 6.57. The molecule has 6 heteroatoms. The topological polar surface area (TPSA) is 56.1 Å². The molecular weight excluding hydrogens is 278 g/mol. The summed E-state index contributed by atoms with van der Waals surface area (Å²) in [4.78, 5) is 15.8. The Balaban J connectivity index is 1.69. The van der Waals surface area contributed by atoms with Crippen LogP contribution in [-0.2, 0) is 11.3 Å². The number of imidazole rings is 1. The van der Waals surface area contributed by atoms with Gasteiger partial charge < -0.3 is 14.2 Å². The minimum absolute atomic E-state index is 0.327. The number of nitrogens with zero attached hydrogens (tertiary/aromatic N) is 5. The van der Waals surface area contributed by atoms with Gasteiger partial charge in [-0.25, -0.2) is 15.0 Å². The van der Waals surface area contributed by atoms with Crippen molar-refractivity contribution < 1.29 is 4.74 Å². The maximum Gasteiger partial charge on any atom is 0.165 e. The number of ether oxygens (including phenoxy) is 1. The quantitative estimate of drug-likeness (QED) is 0.867. The number of anilines is 1. The molecule has 6 nitrogen and oxygen atoms in total. The number of methoxy groups -OCH3 is 1. The van der Waals surface area contributed by atoms with E-state index in [4.69, 9.17) is 4.74 Å². The van der Waals surface area contributed by atoms with Crippen LogP contribution < -0.4 is 4.90 Å². The van der Waals surface area contributed by atoms with Gasteiger partial charge in [0.2, 0.25) is 0 Å². The van der Waals surface area contributed by atoms with Gasteiger partial charge in [0.1, 0.15) is 6.33 Å². The highest BCUT2D eigenvalue weighted by atomic mass is 16.5. The van der Waals surface area contributed by atoms with E-state index in [-0.39, 0.29) is 0 Å². The number of rotatable bonds is 4. The van der Waals surface area contributed by atoms with Crippen LogP contribution in [0.5, 0.6) is 0 Å². The van der Waals surface area contributed by atoms with E-state index in [2.05, 4.69) is 38.4 Å². The minimum Gasteiger partial charge on any atom is -0.381 e. The van der Waals surface area contributed by atoms with Crippen LogP contribution in [0.4, 0.5) is 5.82 Å². The molecule has 2 saturated carbocycles. The first-order chi connectivity index (χ1) is 10.7. The summed E-state index contributed by atoms with van der Waals surface area (Å²) in [6.07, 6.45) is 8.83. The molecule has 0 radical (unpaired) electrons. The first kappa shape index (κ1) is 13.9. The lowest BCUT2D eigenvalue weighted by molar-refractivity contribution is -0.152. The van der Waals surface area contributed by atoms with E-state index in [1.54, 1.807) is 6.33 Å². The number of aryl methyl sites for hydroxylation is 1. The van der Waals surface area contributed by atoms with Gasteiger partial charge in [-0.15, -0.1) is 0 Å². The van der Waals surface area contributed by atoms with Crippen molar-refractivity contribution in [3.05, 3.63) is 12.7 Å². The summed E-state index contributed by atoms with van der Waals surface area (Å²) in [6.45, 7) is 2.97. The fraction of sp³-hybridized carbons (Fsp3) is 0.688. The van der Waals surface area contributed by atoms with Gasteiger partial charge in [0.25, 0.3) is 0 Å². The average molecular weight is 301 g/mol. The van der Waals surface area contributed by atoms with Crippen LogP contribution >= 0.6 is 0 Å². The summed E-state index contributed by atoms with van der Waals surface area (Å²) in [6, 6.07) is 0.496. The highest BCUT2D eigenvalue weighted by molar-refractivity contribution is 5.83. The number of aromatic nitrogens is 4. The Kier molecular flexibility index (Phi) is 3.11. The van der Waals surface area contributed by atoms with Crippen molar-refractivity contribution in [2.75, 3.05) is 19.1 Å². The van der Waals surface area contributed by atoms with Gasteiger partial charge in [0.05, 0.1) is 12.4 Å². The Labute approximate surface area is 130 Å². The molecule has 0 aromatic carbocycles. The molecule has 0 amide bonds. The third-order valence-corrected chi connectivity index (χ3v) is 5.84. The lowest BCUT2D eigenvalue weighted by Gasteiger charge is -2.63. The van der Waals surface area contributed by atoms with Crippen LogP contribution in [0.15, 0.2) is 12.7 Å². The van der Waals surface area contributed by atoms with Crippen molar-refractivity contribution in [2.45, 2.75) is 51.3 Å². The summed E-state index contributed by atoms with van der Waals surface area (Å²) in [5.41, 5.74) is 2.15. The molecule has 2 aliphatic rings. The van der Waals surface area contributed by atoms with Crippen molar-refractivity contribution in [1.82, 2.24) is 19.5 Å². The Morgan fingerprint density at radius 2 is 2.18 bits per heavy atom. The van der Waals surface area contributed by atoms with Gasteiger partial charge in [0.15, 0.2) is 17.0 Å². The molecule has 0 bridgehead atoms. The predicted octanol–water partition coefficient (Wildman–Crippen LogP) is 2.24. The number of fused-ring (bicyclic) bond motifs is 1. The monoisotopic (exact) mass is 301 g/mol. The normalized spacial score (nSPS) is 26.0. The van der Waals surface area contributed by atoms with E-state index in [0.717, 1.165) is 29.9 Å². The largest absolute Gasteiger partial charge is 0.381 e. The van der Waals surface area contributed by atoms with Crippen molar-refractivity contribution >= 4 is 17.0 Å². The molecule has 2 atom stereocenters. The zero-order valence-electron chi connectivity index (χ0n) is 13.5. The number of hydrogen-bond donors (Lipinski definition) is 0. The maximum absolute atomic E-state index is 5.69. The van der Waals surface area contributed by atoms with Crippen LogP contribution in [0.2, 0.25) is 0 Å². The minimum atomic E-state index is 0.327. The van der Waals surface area contributed by atoms with Crippen LogP contribution in [0, 0.1) is 5.41 Å². The third-order valence-electron chi connectivity index (χ3n) is 5.84. The zero-order chi connectivity index (χ0) is 15.3. The zero-order valence-corrected chi connectivity index (χ0v) is 13.5. The molecule has 2 aromatic rings. The summed E-state index contributed by atoms with van der Waals surface area (Å²) in [7, 11) is 3.98. The molecule has 0 N–H and O–H groups in total. The Bertz CT molecular complexity index is 693. The van der Waals surface area contributed by atoms with Gasteiger partial charge in [-0.05, 0) is 26.2 Å². The smallest absolute Gasteiger partial charge is 0.165 e. The van der Waals surface area contributed by atoms with E-state index < -0.39 is 0 Å². The molecule has 0 aliphatic heterocycles. The second-order valence-corrected chi connectivity index (χ2v) is 6.57. The molecule has 1 spiro atoms. The van der Waals surface area contributed by atoms with Crippen molar-refractivity contribution in [2.24, 2.45) is 5.41 Å². The SMILES string of the molecule is CCn1cnc2c(N(C)[C@@H]3C[C@H](OC)C34CCC4)ncnc21. The molecule has 2 heterocycles.